The number of ether oxygens (including phenoxy) is 1. The summed E-state index contributed by atoms with van der Waals surface area (Å²) in [6, 6.07) is 8.36. The largest absolute Gasteiger partial charge is 0.379 e. The molecule has 1 aromatic rings. The summed E-state index contributed by atoms with van der Waals surface area (Å²) < 4.78 is 5.49. The quantitative estimate of drug-likeness (QED) is 0.596. The Bertz CT molecular complexity index is 925. The number of rotatable bonds is 7. The zero-order chi connectivity index (χ0) is 24.9. The zero-order valence-corrected chi connectivity index (χ0v) is 21.8. The van der Waals surface area contributed by atoms with Crippen molar-refractivity contribution in [3.8, 4) is 0 Å². The summed E-state index contributed by atoms with van der Waals surface area (Å²) in [5.41, 5.74) is 1.41. The van der Waals surface area contributed by atoms with Crippen LogP contribution in [0.2, 0.25) is 5.02 Å². The molecule has 35 heavy (non-hydrogen) atoms. The minimum atomic E-state index is -0.337. The Labute approximate surface area is 213 Å². The molecule has 3 aliphatic rings. The van der Waals surface area contributed by atoms with Gasteiger partial charge in [-0.15, -0.1) is 0 Å². The zero-order valence-electron chi connectivity index (χ0n) is 21.0. The molecule has 1 atom stereocenters. The number of amides is 2. The lowest BCUT2D eigenvalue weighted by Gasteiger charge is -2.41. The number of hydrogen-bond acceptors (Lipinski definition) is 6. The average Bonchev–Trinajstić information content (AvgIpc) is 3.27. The van der Waals surface area contributed by atoms with Crippen molar-refractivity contribution in [3.05, 3.63) is 46.7 Å². The molecule has 1 aliphatic carbocycles. The van der Waals surface area contributed by atoms with Crippen LogP contribution in [0.4, 0.5) is 0 Å². The van der Waals surface area contributed by atoms with Gasteiger partial charge in [0.1, 0.15) is 11.9 Å². The molecule has 2 fully saturated rings. The Balaban J connectivity index is 1.41. The van der Waals surface area contributed by atoms with Crippen LogP contribution in [0, 0.1) is 0 Å². The van der Waals surface area contributed by atoms with E-state index in [9.17, 15) is 9.59 Å². The van der Waals surface area contributed by atoms with Gasteiger partial charge in [-0.2, -0.15) is 0 Å². The summed E-state index contributed by atoms with van der Waals surface area (Å²) in [6.07, 6.45) is 5.63. The van der Waals surface area contributed by atoms with Gasteiger partial charge in [0.15, 0.2) is 0 Å². The minimum Gasteiger partial charge on any atom is -0.379 e. The molecular formula is C26H38ClN5O3. The fourth-order valence-electron chi connectivity index (χ4n) is 5.36. The highest BCUT2D eigenvalue weighted by Crippen LogP contribution is 2.30. The molecule has 2 heterocycles. The number of morpholine rings is 1. The molecular weight excluding hydrogens is 466 g/mol. The maximum atomic E-state index is 13.5. The summed E-state index contributed by atoms with van der Waals surface area (Å²) in [5.74, 6) is -0.132. The van der Waals surface area contributed by atoms with E-state index in [0.29, 0.717) is 16.8 Å². The number of nitrogens with zero attached hydrogens (tertiary/aromatic N) is 3. The van der Waals surface area contributed by atoms with Crippen LogP contribution in [0.15, 0.2) is 36.2 Å². The first-order valence-electron chi connectivity index (χ1n) is 12.7. The molecule has 1 saturated heterocycles. The van der Waals surface area contributed by atoms with E-state index in [1.54, 1.807) is 6.20 Å². The maximum Gasteiger partial charge on any atom is 0.271 e. The second kappa shape index (κ2) is 11.6. The fourth-order valence-corrected chi connectivity index (χ4v) is 5.55. The molecule has 0 radical (unpaired) electrons. The topological polar surface area (TPSA) is 77.2 Å². The molecule has 0 spiro atoms. The lowest BCUT2D eigenvalue weighted by atomic mass is 9.89. The van der Waals surface area contributed by atoms with Crippen LogP contribution in [-0.4, -0.2) is 84.5 Å². The average molecular weight is 504 g/mol. The lowest BCUT2D eigenvalue weighted by molar-refractivity contribution is -0.129. The summed E-state index contributed by atoms with van der Waals surface area (Å²) >= 11 is 6.24. The van der Waals surface area contributed by atoms with Crippen LogP contribution in [-0.2, 0) is 14.3 Å². The number of likely N-dealkylation sites (N-methyl/N-ethyl adjacent to an activating group) is 1. The first-order chi connectivity index (χ1) is 16.8. The highest BCUT2D eigenvalue weighted by molar-refractivity contribution is 6.30. The molecule has 9 heteroatoms. The second-order valence-corrected chi connectivity index (χ2v) is 10.5. The normalized spacial score (nSPS) is 25.2. The summed E-state index contributed by atoms with van der Waals surface area (Å²) in [6.45, 7) is 7.66. The van der Waals surface area contributed by atoms with E-state index in [-0.39, 0.29) is 36.6 Å². The highest BCUT2D eigenvalue weighted by atomic mass is 35.5. The van der Waals surface area contributed by atoms with Crippen molar-refractivity contribution in [1.29, 1.82) is 0 Å². The lowest BCUT2D eigenvalue weighted by Crippen LogP contribution is -2.48. The molecule has 4 rings (SSSR count). The van der Waals surface area contributed by atoms with Crippen molar-refractivity contribution in [3.63, 3.8) is 0 Å². The van der Waals surface area contributed by atoms with Crippen LogP contribution in [0.3, 0.4) is 0 Å². The molecule has 2 aliphatic heterocycles. The Morgan fingerprint density at radius 3 is 2.57 bits per heavy atom. The third-order valence-electron chi connectivity index (χ3n) is 7.19. The van der Waals surface area contributed by atoms with E-state index < -0.39 is 0 Å². The number of hydrogen-bond donors (Lipinski definition) is 2. The van der Waals surface area contributed by atoms with Gasteiger partial charge < -0.3 is 25.2 Å². The van der Waals surface area contributed by atoms with E-state index in [4.69, 9.17) is 16.3 Å². The van der Waals surface area contributed by atoms with Crippen molar-refractivity contribution in [2.75, 3.05) is 39.9 Å². The summed E-state index contributed by atoms with van der Waals surface area (Å²) in [7, 11) is 1.90. The first kappa shape index (κ1) is 25.8. The van der Waals surface area contributed by atoms with Crippen LogP contribution in [0.5, 0.6) is 0 Å². The van der Waals surface area contributed by atoms with Crippen molar-refractivity contribution in [2.45, 2.75) is 63.8 Å². The number of halogens is 1. The van der Waals surface area contributed by atoms with Gasteiger partial charge in [-0.25, -0.2) is 0 Å². The van der Waals surface area contributed by atoms with E-state index in [1.165, 1.54) is 0 Å². The van der Waals surface area contributed by atoms with Crippen molar-refractivity contribution >= 4 is 23.4 Å². The van der Waals surface area contributed by atoms with Gasteiger partial charge in [0, 0.05) is 49.5 Å². The third-order valence-corrected chi connectivity index (χ3v) is 7.42. The molecule has 0 bridgehead atoms. The molecule has 1 aromatic carbocycles. The molecule has 2 amide bonds. The first-order valence-corrected chi connectivity index (χ1v) is 13.1. The third kappa shape index (κ3) is 6.48. The van der Waals surface area contributed by atoms with Gasteiger partial charge in [0.25, 0.3) is 5.91 Å². The second-order valence-electron chi connectivity index (χ2n) is 10.1. The molecule has 1 saturated carbocycles. The van der Waals surface area contributed by atoms with Crippen LogP contribution < -0.4 is 10.6 Å². The van der Waals surface area contributed by atoms with Gasteiger partial charge in [-0.1, -0.05) is 23.7 Å². The molecule has 0 aromatic heterocycles. The molecule has 1 unspecified atom stereocenters. The molecule has 8 nitrogen and oxygen atoms in total. The number of carbonyl (C=O) groups excluding carboxylic acids is 2. The van der Waals surface area contributed by atoms with E-state index in [2.05, 4.69) is 15.5 Å². The van der Waals surface area contributed by atoms with E-state index >= 15 is 0 Å². The van der Waals surface area contributed by atoms with Crippen molar-refractivity contribution in [1.82, 2.24) is 25.3 Å². The summed E-state index contributed by atoms with van der Waals surface area (Å²) in [5, 5.41) is 6.91. The van der Waals surface area contributed by atoms with Crippen molar-refractivity contribution < 1.29 is 14.3 Å². The minimum absolute atomic E-state index is 0.0429. The van der Waals surface area contributed by atoms with Crippen molar-refractivity contribution in [2.24, 2.45) is 0 Å². The summed E-state index contributed by atoms with van der Waals surface area (Å²) in [4.78, 5) is 32.3. The van der Waals surface area contributed by atoms with Crippen LogP contribution in [0.1, 0.15) is 51.3 Å². The van der Waals surface area contributed by atoms with Gasteiger partial charge in [-0.05, 0) is 57.2 Å². The van der Waals surface area contributed by atoms with Gasteiger partial charge in [0.2, 0.25) is 5.91 Å². The Kier molecular flexibility index (Phi) is 8.57. The maximum absolute atomic E-state index is 13.5. The van der Waals surface area contributed by atoms with Crippen LogP contribution >= 0.6 is 11.6 Å². The van der Waals surface area contributed by atoms with E-state index in [1.807, 2.05) is 55.0 Å². The Morgan fingerprint density at radius 2 is 1.91 bits per heavy atom. The van der Waals surface area contributed by atoms with Gasteiger partial charge in [0.05, 0.1) is 19.8 Å². The SMILES string of the molecule is CC(C)NC(=O)CN1C=C(C(=O)N(C)C2CCC(N3CCOCC3)CC2)NC1c1cccc(Cl)c1. The Morgan fingerprint density at radius 1 is 1.20 bits per heavy atom. The molecule has 192 valence electrons. The number of carbonyl (C=O) groups is 2. The standard InChI is InChI=1S/C26H38ClN5O3/c1-18(2)28-24(33)17-32-16-23(29-25(32)19-5-4-6-20(27)15-19)26(34)30(3)21-7-9-22(10-8-21)31-11-13-35-14-12-31/h4-6,15-16,18,21-22,25,29H,7-14,17H2,1-3H3,(H,28,33). The monoisotopic (exact) mass is 503 g/mol. The highest BCUT2D eigenvalue weighted by Gasteiger charge is 2.35. The fraction of sp³-hybridized carbons (Fsp3) is 0.615. The van der Waals surface area contributed by atoms with Gasteiger partial charge >= 0.3 is 0 Å². The smallest absolute Gasteiger partial charge is 0.271 e. The van der Waals surface area contributed by atoms with Gasteiger partial charge in [-0.3, -0.25) is 14.5 Å². The number of benzene rings is 1. The predicted octanol–water partition coefficient (Wildman–Crippen LogP) is 2.71. The number of nitrogens with one attached hydrogen (secondary N) is 2. The predicted molar refractivity (Wildman–Crippen MR) is 137 cm³/mol. The Hall–Kier alpha value is -2.29. The van der Waals surface area contributed by atoms with Crippen LogP contribution in [0.25, 0.3) is 0 Å². The van der Waals surface area contributed by atoms with E-state index in [0.717, 1.165) is 57.6 Å². The molecule has 2 N–H and O–H groups in total.